The summed E-state index contributed by atoms with van der Waals surface area (Å²) in [6, 6.07) is 4.29. The standard InChI is InChI=1S/C13H15N2O4/c1-3-15(13(19)14-9(2)17)12(8-16)10-4-6-11(18)7-5-10/h4-7,12,18H,3H2,1-2H3,(H,14,17,19). The molecular formula is C13H15N2O4. The molecule has 1 radical (unpaired) electrons. The molecule has 0 aliphatic heterocycles. The lowest BCUT2D eigenvalue weighted by Crippen LogP contribution is -2.44. The Morgan fingerprint density at radius 1 is 1.37 bits per heavy atom. The van der Waals surface area contributed by atoms with Gasteiger partial charge in [-0.15, -0.1) is 0 Å². The molecule has 1 aromatic rings. The number of amides is 3. The molecule has 0 fully saturated rings. The van der Waals surface area contributed by atoms with E-state index >= 15 is 0 Å². The number of imide groups is 1. The summed E-state index contributed by atoms with van der Waals surface area (Å²) in [6.07, 6.45) is 1.77. The fraction of sp³-hybridized carbons (Fsp3) is 0.308. The normalized spacial score (nSPS) is 11.5. The first-order valence-electron chi connectivity index (χ1n) is 5.74. The maximum absolute atomic E-state index is 11.8. The Balaban J connectivity index is 2.98. The van der Waals surface area contributed by atoms with Crippen LogP contribution in [-0.4, -0.2) is 34.8 Å². The summed E-state index contributed by atoms with van der Waals surface area (Å²) in [5.41, 5.74) is 0.508. The maximum atomic E-state index is 11.8. The van der Waals surface area contributed by atoms with Gasteiger partial charge in [-0.05, 0) is 24.6 Å². The summed E-state index contributed by atoms with van der Waals surface area (Å²) >= 11 is 0. The summed E-state index contributed by atoms with van der Waals surface area (Å²) in [4.78, 5) is 34.9. The minimum atomic E-state index is -0.926. The Labute approximate surface area is 111 Å². The Morgan fingerprint density at radius 3 is 2.37 bits per heavy atom. The monoisotopic (exact) mass is 263 g/mol. The number of phenolic OH excluding ortho intramolecular Hbond substituents is 1. The van der Waals surface area contributed by atoms with Crippen LogP contribution in [-0.2, 0) is 9.59 Å². The molecule has 0 spiro atoms. The number of rotatable bonds is 4. The zero-order valence-corrected chi connectivity index (χ0v) is 10.7. The molecule has 101 valence electrons. The predicted molar refractivity (Wildman–Crippen MR) is 68.1 cm³/mol. The average Bonchev–Trinajstić information content (AvgIpc) is 2.36. The van der Waals surface area contributed by atoms with Gasteiger partial charge < -0.3 is 10.0 Å². The Morgan fingerprint density at radius 2 is 1.95 bits per heavy atom. The van der Waals surface area contributed by atoms with Gasteiger partial charge in [0.15, 0.2) is 0 Å². The Hall–Kier alpha value is -2.37. The number of nitrogens with zero attached hydrogens (tertiary/aromatic N) is 1. The van der Waals surface area contributed by atoms with Crippen molar-refractivity contribution in [2.24, 2.45) is 0 Å². The number of carbonyl (C=O) groups is 2. The molecule has 0 aliphatic rings. The molecule has 2 N–H and O–H groups in total. The van der Waals surface area contributed by atoms with Gasteiger partial charge in [0.25, 0.3) is 0 Å². The molecule has 1 unspecified atom stereocenters. The zero-order chi connectivity index (χ0) is 14.4. The summed E-state index contributed by atoms with van der Waals surface area (Å²) < 4.78 is 0. The molecule has 0 aliphatic carbocycles. The third-order valence-corrected chi connectivity index (χ3v) is 2.52. The van der Waals surface area contributed by atoms with Crippen LogP contribution in [0.3, 0.4) is 0 Å². The van der Waals surface area contributed by atoms with Crippen molar-refractivity contribution in [3.05, 3.63) is 29.8 Å². The maximum Gasteiger partial charge on any atom is 0.324 e. The Bertz CT molecular complexity index is 470. The van der Waals surface area contributed by atoms with E-state index in [0.717, 1.165) is 0 Å². The van der Waals surface area contributed by atoms with Crippen molar-refractivity contribution in [2.45, 2.75) is 19.9 Å². The lowest BCUT2D eigenvalue weighted by atomic mass is 10.1. The van der Waals surface area contributed by atoms with E-state index in [1.54, 1.807) is 13.2 Å². The summed E-state index contributed by atoms with van der Waals surface area (Å²) in [7, 11) is 0. The minimum absolute atomic E-state index is 0.0598. The minimum Gasteiger partial charge on any atom is -0.508 e. The predicted octanol–water partition coefficient (Wildman–Crippen LogP) is 1.12. The van der Waals surface area contributed by atoms with Crippen LogP contribution >= 0.6 is 0 Å². The lowest BCUT2D eigenvalue weighted by Gasteiger charge is -2.26. The first-order valence-corrected chi connectivity index (χ1v) is 5.74. The van der Waals surface area contributed by atoms with Crippen LogP contribution in [0.15, 0.2) is 24.3 Å². The van der Waals surface area contributed by atoms with E-state index in [-0.39, 0.29) is 12.3 Å². The lowest BCUT2D eigenvalue weighted by molar-refractivity contribution is -0.118. The second-order valence-electron chi connectivity index (χ2n) is 3.88. The van der Waals surface area contributed by atoms with Crippen molar-refractivity contribution in [1.82, 2.24) is 10.2 Å². The summed E-state index contributed by atoms with van der Waals surface area (Å²) in [6.45, 7) is 3.14. The van der Waals surface area contributed by atoms with Gasteiger partial charge in [-0.25, -0.2) is 4.79 Å². The SMILES string of the molecule is CCN(C(=O)NC(C)=O)C([C]=O)c1ccc(O)cc1. The molecule has 0 saturated carbocycles. The van der Waals surface area contributed by atoms with E-state index in [1.165, 1.54) is 36.1 Å². The number of phenols is 1. The highest BCUT2D eigenvalue weighted by molar-refractivity contribution is 5.94. The first kappa shape index (κ1) is 14.7. The van der Waals surface area contributed by atoms with Gasteiger partial charge in [-0.1, -0.05) is 12.1 Å². The van der Waals surface area contributed by atoms with E-state index in [0.29, 0.717) is 5.56 Å². The fourth-order valence-corrected chi connectivity index (χ4v) is 1.63. The molecular weight excluding hydrogens is 248 g/mol. The largest absolute Gasteiger partial charge is 0.508 e. The smallest absolute Gasteiger partial charge is 0.324 e. The Kier molecular flexibility index (Phi) is 5.05. The van der Waals surface area contributed by atoms with Crippen molar-refractivity contribution in [1.29, 1.82) is 0 Å². The highest BCUT2D eigenvalue weighted by atomic mass is 16.3. The summed E-state index contributed by atoms with van der Waals surface area (Å²) in [5, 5.41) is 11.3. The third-order valence-electron chi connectivity index (χ3n) is 2.52. The van der Waals surface area contributed by atoms with E-state index in [2.05, 4.69) is 5.32 Å². The topological polar surface area (TPSA) is 86.7 Å². The molecule has 0 aromatic heterocycles. The van der Waals surface area contributed by atoms with Crippen LogP contribution in [0, 0.1) is 0 Å². The van der Waals surface area contributed by atoms with Crippen LogP contribution in [0.2, 0.25) is 0 Å². The number of urea groups is 1. The molecule has 6 nitrogen and oxygen atoms in total. The molecule has 1 aromatic carbocycles. The van der Waals surface area contributed by atoms with Crippen LogP contribution in [0.1, 0.15) is 25.5 Å². The van der Waals surface area contributed by atoms with Crippen LogP contribution in [0.25, 0.3) is 0 Å². The second-order valence-corrected chi connectivity index (χ2v) is 3.88. The molecule has 0 heterocycles. The molecule has 3 amide bonds. The van der Waals surface area contributed by atoms with Crippen molar-refractivity contribution in [2.75, 3.05) is 6.54 Å². The molecule has 1 atom stereocenters. The van der Waals surface area contributed by atoms with Gasteiger partial charge in [0, 0.05) is 13.5 Å². The number of hydrogen-bond donors (Lipinski definition) is 2. The van der Waals surface area contributed by atoms with Gasteiger partial charge in [-0.2, -0.15) is 0 Å². The number of hydrogen-bond acceptors (Lipinski definition) is 4. The van der Waals surface area contributed by atoms with E-state index in [9.17, 15) is 19.5 Å². The highest BCUT2D eigenvalue weighted by Gasteiger charge is 2.24. The average molecular weight is 263 g/mol. The number of nitrogens with one attached hydrogen (secondary N) is 1. The van der Waals surface area contributed by atoms with Crippen LogP contribution < -0.4 is 5.32 Å². The fourth-order valence-electron chi connectivity index (χ4n) is 1.63. The first-order chi connectivity index (χ1) is 8.99. The highest BCUT2D eigenvalue weighted by Crippen LogP contribution is 2.21. The molecule has 6 heteroatoms. The van der Waals surface area contributed by atoms with Crippen molar-refractivity contribution in [3.63, 3.8) is 0 Å². The second kappa shape index (κ2) is 6.53. The summed E-state index contributed by atoms with van der Waals surface area (Å²) in [5.74, 6) is -0.441. The van der Waals surface area contributed by atoms with Crippen LogP contribution in [0.4, 0.5) is 4.79 Å². The number of benzene rings is 1. The van der Waals surface area contributed by atoms with Gasteiger partial charge in [-0.3, -0.25) is 14.9 Å². The van der Waals surface area contributed by atoms with Crippen molar-refractivity contribution in [3.8, 4) is 5.75 Å². The molecule has 19 heavy (non-hydrogen) atoms. The number of carbonyl (C=O) groups excluding carboxylic acids is 3. The zero-order valence-electron chi connectivity index (χ0n) is 10.7. The van der Waals surface area contributed by atoms with Crippen molar-refractivity contribution < 1.29 is 19.5 Å². The van der Waals surface area contributed by atoms with E-state index in [1.807, 2.05) is 0 Å². The van der Waals surface area contributed by atoms with Gasteiger partial charge in [0.2, 0.25) is 12.2 Å². The molecule has 0 saturated heterocycles. The number of aromatic hydroxyl groups is 1. The van der Waals surface area contributed by atoms with E-state index in [4.69, 9.17) is 0 Å². The van der Waals surface area contributed by atoms with Crippen LogP contribution in [0.5, 0.6) is 5.75 Å². The van der Waals surface area contributed by atoms with Gasteiger partial charge in [0.1, 0.15) is 11.8 Å². The van der Waals surface area contributed by atoms with Gasteiger partial charge in [0.05, 0.1) is 0 Å². The molecule has 1 rings (SSSR count). The van der Waals surface area contributed by atoms with Gasteiger partial charge >= 0.3 is 6.03 Å². The van der Waals surface area contributed by atoms with Crippen molar-refractivity contribution >= 4 is 18.2 Å². The third kappa shape index (κ3) is 3.80. The quantitative estimate of drug-likeness (QED) is 0.852. The number of likely N-dealkylation sites (N-methyl/N-ethyl adjacent to an activating group) is 1. The van der Waals surface area contributed by atoms with E-state index < -0.39 is 18.0 Å². The molecule has 0 bridgehead atoms.